The maximum atomic E-state index is 9.49. The zero-order chi connectivity index (χ0) is 4.28. The third-order valence-electron chi connectivity index (χ3n) is 0.116. The zero-order valence-corrected chi connectivity index (χ0v) is 4.18. The number of carbonyl (C=O) groups excluding carboxylic acids is 1. The molecule has 0 aromatic carbocycles. The van der Waals surface area contributed by atoms with Gasteiger partial charge in [-0.05, 0) is 0 Å². The van der Waals surface area contributed by atoms with E-state index in [9.17, 15) is 4.79 Å². The average molecular weight is 139 g/mol. The number of hydrogen-bond acceptors (Lipinski definition) is 2. The van der Waals surface area contributed by atoms with Gasteiger partial charge >= 0.3 is 35.3 Å². The molecule has 0 unspecified atom stereocenters. The molecule has 0 fully saturated rings. The van der Waals surface area contributed by atoms with Crippen LogP contribution < -0.4 is 10.5 Å². The topological polar surface area (TPSA) is 69.1 Å². The summed E-state index contributed by atoms with van der Waals surface area (Å²) >= 11 is -0.486. The van der Waals surface area contributed by atoms with Gasteiger partial charge in [-0.15, -0.1) is 0 Å². The molecule has 5 heavy (non-hydrogen) atoms. The minimum atomic E-state index is -0.486. The summed E-state index contributed by atoms with van der Waals surface area (Å²) in [7, 11) is 0. The summed E-state index contributed by atoms with van der Waals surface area (Å²) in [6, 6.07) is 0. The summed E-state index contributed by atoms with van der Waals surface area (Å²) < 4.78 is 4.76. The fourth-order valence-corrected chi connectivity index (χ4v) is 0. The molecule has 4 heteroatoms. The second-order valence-electron chi connectivity index (χ2n) is 0.437. The molecule has 0 bridgehead atoms. The third kappa shape index (κ3) is 3.95. The summed E-state index contributed by atoms with van der Waals surface area (Å²) in [6.07, 6.45) is 0. The molecule has 4 N–H and O–H groups in total. The molecule has 0 atom stereocenters. The summed E-state index contributed by atoms with van der Waals surface area (Å²) in [5.41, 5.74) is 4.56. The second kappa shape index (κ2) is 2.20. The zero-order valence-electron chi connectivity index (χ0n) is 2.47. The van der Waals surface area contributed by atoms with Crippen molar-refractivity contribution in [3.05, 3.63) is 0 Å². The van der Waals surface area contributed by atoms with E-state index in [2.05, 4.69) is 5.73 Å². The first-order valence-electron chi connectivity index (χ1n) is 0.933. The Morgan fingerprint density at radius 3 is 2.00 bits per heavy atom. The van der Waals surface area contributed by atoms with Gasteiger partial charge in [-0.3, -0.25) is 0 Å². The summed E-state index contributed by atoms with van der Waals surface area (Å²) in [5, 5.41) is 0. The van der Waals surface area contributed by atoms with E-state index in [0.29, 0.717) is 0 Å². The maximum absolute atomic E-state index is 9.49. The van der Waals surface area contributed by atoms with Crippen LogP contribution in [0.5, 0.6) is 0 Å². The fourth-order valence-electron chi connectivity index (χ4n) is 0. The van der Waals surface area contributed by atoms with Gasteiger partial charge in [0.15, 0.2) is 0 Å². The predicted molar refractivity (Wildman–Crippen MR) is 19.5 cm³/mol. The van der Waals surface area contributed by atoms with Crippen LogP contribution in [0, 0.1) is 0 Å². The predicted octanol–water partition coefficient (Wildman–Crippen LogP) is -1.36. The van der Waals surface area contributed by atoms with Gasteiger partial charge in [-0.2, -0.15) is 0 Å². The first kappa shape index (κ1) is 4.95. The summed E-state index contributed by atoms with van der Waals surface area (Å²) in [6.45, 7) is 0. The van der Waals surface area contributed by atoms with Crippen LogP contribution in [0.3, 0.4) is 0 Å². The molecule has 0 aliphatic heterocycles. The van der Waals surface area contributed by atoms with E-state index in [1.165, 1.54) is 0 Å². The van der Waals surface area contributed by atoms with Gasteiger partial charge < -0.3 is 0 Å². The van der Waals surface area contributed by atoms with Gasteiger partial charge in [0, 0.05) is 0 Å². The molecule has 0 aliphatic rings. The van der Waals surface area contributed by atoms with Crippen LogP contribution in [-0.2, 0) is 0 Å². The second-order valence-corrected chi connectivity index (χ2v) is 1.78. The van der Waals surface area contributed by atoms with Crippen molar-refractivity contribution in [3.63, 3.8) is 0 Å². The van der Waals surface area contributed by atoms with Crippen LogP contribution in [0.2, 0.25) is 0 Å². The van der Waals surface area contributed by atoms with Gasteiger partial charge in [0.25, 0.3) is 0 Å². The van der Waals surface area contributed by atoms with Crippen molar-refractivity contribution < 1.29 is 4.79 Å². The van der Waals surface area contributed by atoms with Gasteiger partial charge in [-0.25, -0.2) is 0 Å². The molecule has 0 saturated heterocycles. The Morgan fingerprint density at radius 1 is 1.80 bits per heavy atom. The quantitative estimate of drug-likeness (QED) is 0.440. The summed E-state index contributed by atoms with van der Waals surface area (Å²) in [4.78, 5) is 9.09. The van der Waals surface area contributed by atoms with E-state index < -0.39 is 20.0 Å². The van der Waals surface area contributed by atoms with Gasteiger partial charge in [0.1, 0.15) is 0 Å². The summed E-state index contributed by atoms with van der Waals surface area (Å²) in [5.74, 6) is 0. The van der Waals surface area contributed by atoms with E-state index >= 15 is 0 Å². The van der Waals surface area contributed by atoms with E-state index in [4.69, 9.17) is 4.75 Å². The van der Waals surface area contributed by atoms with E-state index in [1.807, 2.05) is 0 Å². The Kier molecular flexibility index (Phi) is 2.18. The standard InChI is InChI=1S/CH4N2OSe/c2-1(4)5-3/h3H2,(H2,2,4). The van der Waals surface area contributed by atoms with Crippen molar-refractivity contribution in [1.29, 1.82) is 0 Å². The number of primary amides is 1. The number of amides is 1. The molecule has 3 nitrogen and oxygen atoms in total. The molecule has 0 radical (unpaired) electrons. The van der Waals surface area contributed by atoms with Gasteiger partial charge in [0.05, 0.1) is 0 Å². The van der Waals surface area contributed by atoms with Crippen molar-refractivity contribution in [2.24, 2.45) is 10.5 Å². The van der Waals surface area contributed by atoms with Crippen LogP contribution in [0.15, 0.2) is 0 Å². The molecule has 0 rings (SSSR count). The van der Waals surface area contributed by atoms with E-state index in [-0.39, 0.29) is 0 Å². The minimum absolute atomic E-state index is 0.405. The van der Waals surface area contributed by atoms with Gasteiger partial charge in [0.2, 0.25) is 0 Å². The van der Waals surface area contributed by atoms with Crippen LogP contribution in [0.25, 0.3) is 0 Å². The van der Waals surface area contributed by atoms with Crippen molar-refractivity contribution in [1.82, 2.24) is 0 Å². The van der Waals surface area contributed by atoms with E-state index in [0.717, 1.165) is 0 Å². The molecule has 0 aromatic heterocycles. The normalized spacial score (nSPS) is 7.40. The van der Waals surface area contributed by atoms with Crippen molar-refractivity contribution in [2.75, 3.05) is 0 Å². The molecule has 0 aromatic rings. The van der Waals surface area contributed by atoms with Crippen molar-refractivity contribution in [3.8, 4) is 0 Å². The molecule has 0 spiro atoms. The molecular weight excluding hydrogens is 135 g/mol. The molecule has 0 heterocycles. The Balaban J connectivity index is 2.85. The SMILES string of the molecule is N[Se]C(N)=O. The molecule has 1 amide bonds. The van der Waals surface area contributed by atoms with E-state index in [1.54, 1.807) is 0 Å². The third-order valence-corrected chi connectivity index (χ3v) is 0.604. The van der Waals surface area contributed by atoms with Crippen LogP contribution in [0.1, 0.15) is 0 Å². The van der Waals surface area contributed by atoms with Crippen LogP contribution >= 0.6 is 0 Å². The van der Waals surface area contributed by atoms with Crippen molar-refractivity contribution in [2.45, 2.75) is 0 Å². The first-order valence-corrected chi connectivity index (χ1v) is 2.78. The molecule has 0 aliphatic carbocycles. The Hall–Kier alpha value is -0.0505. The van der Waals surface area contributed by atoms with Crippen LogP contribution in [0.4, 0.5) is 4.79 Å². The first-order chi connectivity index (χ1) is 2.27. The number of carbonyl (C=O) groups is 1. The monoisotopic (exact) mass is 140 g/mol. The fraction of sp³-hybridized carbons (Fsp3) is 0. The number of nitrogens with two attached hydrogens (primary N) is 2. The molecular formula is CH4N2OSe. The Morgan fingerprint density at radius 2 is 2.00 bits per heavy atom. The number of hydrogen-bond donors (Lipinski definition) is 2. The average Bonchev–Trinajstić information content (AvgIpc) is 1.38. The molecule has 30 valence electrons. The van der Waals surface area contributed by atoms with Crippen LogP contribution in [-0.4, -0.2) is 20.0 Å². The number of rotatable bonds is 1. The van der Waals surface area contributed by atoms with Crippen molar-refractivity contribution >= 4 is 20.0 Å². The Bertz CT molecular complexity index is 44.9. The Labute approximate surface area is 36.1 Å². The molecule has 0 saturated carbocycles. The van der Waals surface area contributed by atoms with Gasteiger partial charge in [-0.1, -0.05) is 0 Å².